The molecule has 178 valence electrons. The zero-order valence-corrected chi connectivity index (χ0v) is 20.0. The Balaban J connectivity index is 1.40. The van der Waals surface area contributed by atoms with E-state index in [0.717, 1.165) is 52.7 Å². The van der Waals surface area contributed by atoms with Crippen LogP contribution >= 0.6 is 0 Å². The Morgan fingerprint density at radius 3 is 2.56 bits per heavy atom. The maximum Gasteiger partial charge on any atom is 0.317 e. The summed E-state index contributed by atoms with van der Waals surface area (Å²) >= 11 is 0. The van der Waals surface area contributed by atoms with E-state index < -0.39 is 10.0 Å². The predicted octanol–water partition coefficient (Wildman–Crippen LogP) is 3.93. The first kappa shape index (κ1) is 22.6. The number of pyridine rings is 1. The molecule has 1 aliphatic heterocycles. The first-order valence-electron chi connectivity index (χ1n) is 11.7. The van der Waals surface area contributed by atoms with Crippen LogP contribution in [-0.4, -0.2) is 48.4 Å². The van der Waals surface area contributed by atoms with Gasteiger partial charge in [-0.3, -0.25) is 0 Å². The highest BCUT2D eigenvalue weighted by molar-refractivity contribution is 7.89. The van der Waals surface area contributed by atoms with Gasteiger partial charge in [-0.1, -0.05) is 31.1 Å². The molecule has 4 N–H and O–H groups in total. The molecule has 3 aromatic rings. The SMILES string of the molecule is Cc1[nH]c2ncc(-c3ccc(S(N)(=O)=O)cc3)cc2c1C1=CCN(C(=O)NC2CCCC2)CC1. The van der Waals surface area contributed by atoms with Gasteiger partial charge in [0.2, 0.25) is 10.0 Å². The Morgan fingerprint density at radius 2 is 1.91 bits per heavy atom. The molecule has 1 saturated carbocycles. The number of nitrogens with two attached hydrogens (primary N) is 1. The largest absolute Gasteiger partial charge is 0.343 e. The second kappa shape index (κ2) is 8.88. The van der Waals surface area contributed by atoms with Crippen LogP contribution in [-0.2, 0) is 10.0 Å². The lowest BCUT2D eigenvalue weighted by Gasteiger charge is -2.28. The van der Waals surface area contributed by atoms with E-state index in [4.69, 9.17) is 5.14 Å². The number of sulfonamides is 1. The monoisotopic (exact) mass is 479 g/mol. The molecule has 1 aliphatic carbocycles. The lowest BCUT2D eigenvalue weighted by Crippen LogP contribution is -2.45. The Morgan fingerprint density at radius 1 is 1.18 bits per heavy atom. The number of aryl methyl sites for hydroxylation is 1. The lowest BCUT2D eigenvalue weighted by molar-refractivity contribution is 0.199. The summed E-state index contributed by atoms with van der Waals surface area (Å²) in [4.78, 5) is 22.6. The maximum absolute atomic E-state index is 12.6. The summed E-state index contributed by atoms with van der Waals surface area (Å²) in [5, 5.41) is 9.40. The van der Waals surface area contributed by atoms with Crippen molar-refractivity contribution in [1.82, 2.24) is 20.2 Å². The van der Waals surface area contributed by atoms with Gasteiger partial charge in [0, 0.05) is 47.5 Å². The van der Waals surface area contributed by atoms with Gasteiger partial charge >= 0.3 is 6.03 Å². The van der Waals surface area contributed by atoms with Crippen molar-refractivity contribution in [3.8, 4) is 11.1 Å². The molecule has 2 amide bonds. The van der Waals surface area contributed by atoms with Crippen molar-refractivity contribution in [2.24, 2.45) is 5.14 Å². The third-order valence-corrected chi connectivity index (χ3v) is 7.78. The van der Waals surface area contributed by atoms with Gasteiger partial charge in [-0.25, -0.2) is 23.3 Å². The van der Waals surface area contributed by atoms with E-state index in [2.05, 4.69) is 27.4 Å². The number of benzene rings is 1. The quantitative estimate of drug-likeness (QED) is 0.525. The molecular weight excluding hydrogens is 450 g/mol. The van der Waals surface area contributed by atoms with Crippen LogP contribution < -0.4 is 10.5 Å². The number of urea groups is 1. The Kier molecular flexibility index (Phi) is 5.91. The van der Waals surface area contributed by atoms with Gasteiger partial charge in [-0.15, -0.1) is 0 Å². The van der Waals surface area contributed by atoms with Crippen LogP contribution in [0.5, 0.6) is 0 Å². The van der Waals surface area contributed by atoms with Crippen molar-refractivity contribution in [1.29, 1.82) is 0 Å². The van der Waals surface area contributed by atoms with Crippen LogP contribution in [0.1, 0.15) is 43.4 Å². The van der Waals surface area contributed by atoms with Crippen LogP contribution in [0.25, 0.3) is 27.7 Å². The van der Waals surface area contributed by atoms with Crippen LogP contribution in [0.3, 0.4) is 0 Å². The summed E-state index contributed by atoms with van der Waals surface area (Å²) in [5.74, 6) is 0. The highest BCUT2D eigenvalue weighted by atomic mass is 32.2. The summed E-state index contributed by atoms with van der Waals surface area (Å²) in [5.41, 5.74) is 5.93. The van der Waals surface area contributed by atoms with Crippen LogP contribution in [0.2, 0.25) is 0 Å². The van der Waals surface area contributed by atoms with E-state index in [1.54, 1.807) is 18.3 Å². The number of aromatic amines is 1. The highest BCUT2D eigenvalue weighted by Crippen LogP contribution is 2.34. The standard InChI is InChI=1S/C25H29N5O3S/c1-16-23(18-10-12-30(13-11-18)25(31)29-20-4-2-3-5-20)22-14-19(15-27-24(22)28-16)17-6-8-21(9-7-17)34(26,32)33/h6-10,14-15,20H,2-5,11-13H2,1H3,(H,27,28)(H,29,31)(H2,26,32,33). The molecule has 0 unspecified atom stereocenters. The molecule has 34 heavy (non-hydrogen) atoms. The van der Waals surface area contributed by atoms with E-state index in [1.165, 1.54) is 30.5 Å². The van der Waals surface area contributed by atoms with Crippen molar-refractivity contribution in [3.63, 3.8) is 0 Å². The van der Waals surface area contributed by atoms with E-state index in [-0.39, 0.29) is 10.9 Å². The lowest BCUT2D eigenvalue weighted by atomic mass is 9.96. The third kappa shape index (κ3) is 4.45. The van der Waals surface area contributed by atoms with E-state index in [0.29, 0.717) is 19.1 Å². The van der Waals surface area contributed by atoms with Gasteiger partial charge in [0.15, 0.2) is 0 Å². The molecule has 8 nitrogen and oxygen atoms in total. The van der Waals surface area contributed by atoms with Crippen molar-refractivity contribution in [3.05, 3.63) is 53.9 Å². The molecule has 1 fully saturated rings. The minimum atomic E-state index is -3.73. The summed E-state index contributed by atoms with van der Waals surface area (Å²) < 4.78 is 23.1. The van der Waals surface area contributed by atoms with Gasteiger partial charge in [0.1, 0.15) is 5.65 Å². The predicted molar refractivity (Wildman–Crippen MR) is 133 cm³/mol. The molecule has 0 spiro atoms. The minimum absolute atomic E-state index is 0.0322. The topological polar surface area (TPSA) is 121 Å². The van der Waals surface area contributed by atoms with Gasteiger partial charge in [-0.2, -0.15) is 0 Å². The summed E-state index contributed by atoms with van der Waals surface area (Å²) in [6.07, 6.45) is 9.24. The molecule has 1 aromatic carbocycles. The van der Waals surface area contributed by atoms with E-state index in [9.17, 15) is 13.2 Å². The second-order valence-corrected chi connectivity index (χ2v) is 10.7. The number of carbonyl (C=O) groups excluding carboxylic acids is 1. The molecule has 2 aliphatic rings. The molecule has 0 bridgehead atoms. The molecule has 3 heterocycles. The number of H-pyrrole nitrogens is 1. The van der Waals surface area contributed by atoms with Crippen molar-refractivity contribution >= 4 is 32.7 Å². The van der Waals surface area contributed by atoms with Crippen LogP contribution in [0.4, 0.5) is 4.79 Å². The average Bonchev–Trinajstić information content (AvgIpc) is 3.45. The van der Waals surface area contributed by atoms with Crippen molar-refractivity contribution in [2.75, 3.05) is 13.1 Å². The number of rotatable bonds is 4. The summed E-state index contributed by atoms with van der Waals surface area (Å²) in [6.45, 7) is 3.30. The van der Waals surface area contributed by atoms with Crippen molar-refractivity contribution in [2.45, 2.75) is 50.0 Å². The number of nitrogens with zero attached hydrogens (tertiary/aromatic N) is 2. The number of aromatic nitrogens is 2. The van der Waals surface area contributed by atoms with E-state index >= 15 is 0 Å². The maximum atomic E-state index is 12.6. The number of hydrogen-bond donors (Lipinski definition) is 3. The number of amides is 2. The Bertz CT molecular complexity index is 1370. The zero-order valence-electron chi connectivity index (χ0n) is 19.2. The summed E-state index contributed by atoms with van der Waals surface area (Å²) in [6, 6.07) is 8.92. The summed E-state index contributed by atoms with van der Waals surface area (Å²) in [7, 11) is -3.73. The van der Waals surface area contributed by atoms with Crippen LogP contribution in [0.15, 0.2) is 47.5 Å². The van der Waals surface area contributed by atoms with Gasteiger partial charge in [0.05, 0.1) is 4.90 Å². The van der Waals surface area contributed by atoms with Gasteiger partial charge in [0.25, 0.3) is 0 Å². The van der Waals surface area contributed by atoms with E-state index in [1.807, 2.05) is 11.8 Å². The van der Waals surface area contributed by atoms with Gasteiger partial charge in [-0.05, 0) is 55.5 Å². The normalized spacial score (nSPS) is 17.2. The fourth-order valence-electron chi connectivity index (χ4n) is 5.02. The molecule has 2 aromatic heterocycles. The Hall–Kier alpha value is -3.17. The Labute approximate surface area is 199 Å². The fourth-order valence-corrected chi connectivity index (χ4v) is 5.54. The molecule has 0 radical (unpaired) electrons. The molecule has 0 saturated heterocycles. The molecule has 9 heteroatoms. The number of carbonyl (C=O) groups is 1. The number of hydrogen-bond acceptors (Lipinski definition) is 4. The highest BCUT2D eigenvalue weighted by Gasteiger charge is 2.24. The first-order valence-corrected chi connectivity index (χ1v) is 13.2. The fraction of sp³-hybridized carbons (Fsp3) is 0.360. The molecule has 0 atom stereocenters. The van der Waals surface area contributed by atoms with Crippen molar-refractivity contribution < 1.29 is 13.2 Å². The number of primary sulfonamides is 1. The number of fused-ring (bicyclic) bond motifs is 1. The average molecular weight is 480 g/mol. The van der Waals surface area contributed by atoms with Gasteiger partial charge < -0.3 is 15.2 Å². The first-order chi connectivity index (χ1) is 16.3. The third-order valence-electron chi connectivity index (χ3n) is 6.85. The minimum Gasteiger partial charge on any atom is -0.343 e. The zero-order chi connectivity index (χ0) is 23.9. The number of nitrogens with one attached hydrogen (secondary N) is 2. The smallest absolute Gasteiger partial charge is 0.317 e. The van der Waals surface area contributed by atoms with Crippen LogP contribution in [0, 0.1) is 6.92 Å². The second-order valence-electron chi connectivity index (χ2n) is 9.17. The molecular formula is C25H29N5O3S. The molecule has 5 rings (SSSR count).